The van der Waals surface area contributed by atoms with Gasteiger partial charge in [0, 0.05) is 0 Å². The average Bonchev–Trinajstić information content (AvgIpc) is 2.45. The van der Waals surface area contributed by atoms with Crippen LogP contribution in [-0.4, -0.2) is 37.7 Å². The fraction of sp³-hybridized carbons (Fsp3) is 0.357. The molecule has 1 aromatic rings. The number of benzene rings is 1. The maximum Gasteiger partial charge on any atom is 0.344 e. The van der Waals surface area contributed by atoms with Crippen LogP contribution in [0.5, 0.6) is 0 Å². The minimum absolute atomic E-state index is 0.0512. The Morgan fingerprint density at radius 2 is 1.35 bits per heavy atom. The standard InChI is InChI=1S/C14H16O6/c1-3-18-12(15)9-20-14(17)11-8-6-5-7-10(11)13(16)19-4-2/h5-8H,3-4,9H2,1-2H3. The van der Waals surface area contributed by atoms with Crippen LogP contribution in [0.15, 0.2) is 24.3 Å². The minimum atomic E-state index is -0.776. The number of carbonyl (C=O) groups is 3. The molecule has 20 heavy (non-hydrogen) atoms. The molecule has 0 aliphatic carbocycles. The van der Waals surface area contributed by atoms with E-state index < -0.39 is 24.5 Å². The summed E-state index contributed by atoms with van der Waals surface area (Å²) in [6.07, 6.45) is 0. The molecule has 0 aliphatic rings. The van der Waals surface area contributed by atoms with Gasteiger partial charge in [-0.05, 0) is 26.0 Å². The second-order valence-corrected chi connectivity index (χ2v) is 3.65. The summed E-state index contributed by atoms with van der Waals surface area (Å²) in [4.78, 5) is 34.6. The van der Waals surface area contributed by atoms with Gasteiger partial charge < -0.3 is 14.2 Å². The topological polar surface area (TPSA) is 78.9 Å². The molecule has 0 N–H and O–H groups in total. The van der Waals surface area contributed by atoms with Crippen LogP contribution >= 0.6 is 0 Å². The van der Waals surface area contributed by atoms with Crippen LogP contribution in [0.1, 0.15) is 34.6 Å². The van der Waals surface area contributed by atoms with Crippen LogP contribution in [0.4, 0.5) is 0 Å². The summed E-state index contributed by atoms with van der Waals surface area (Å²) in [6, 6.07) is 6.08. The molecule has 0 atom stereocenters. The van der Waals surface area contributed by atoms with Gasteiger partial charge in [-0.3, -0.25) is 0 Å². The van der Waals surface area contributed by atoms with E-state index in [4.69, 9.17) is 9.47 Å². The van der Waals surface area contributed by atoms with Gasteiger partial charge in [-0.15, -0.1) is 0 Å². The van der Waals surface area contributed by atoms with Gasteiger partial charge in [-0.25, -0.2) is 14.4 Å². The summed E-state index contributed by atoms with van der Waals surface area (Å²) < 4.78 is 14.3. The van der Waals surface area contributed by atoms with E-state index in [-0.39, 0.29) is 24.3 Å². The lowest BCUT2D eigenvalue weighted by Crippen LogP contribution is -2.19. The van der Waals surface area contributed by atoms with Gasteiger partial charge in [-0.2, -0.15) is 0 Å². The molecular formula is C14H16O6. The van der Waals surface area contributed by atoms with Crippen molar-refractivity contribution in [2.24, 2.45) is 0 Å². The molecule has 0 amide bonds. The Balaban J connectivity index is 2.77. The van der Waals surface area contributed by atoms with E-state index in [1.54, 1.807) is 26.0 Å². The van der Waals surface area contributed by atoms with E-state index in [2.05, 4.69) is 4.74 Å². The Hall–Kier alpha value is -2.37. The molecule has 0 heterocycles. The monoisotopic (exact) mass is 280 g/mol. The zero-order chi connectivity index (χ0) is 15.0. The molecule has 0 saturated heterocycles. The lowest BCUT2D eigenvalue weighted by molar-refractivity contribution is -0.146. The summed E-state index contributed by atoms with van der Waals surface area (Å²) in [5, 5.41) is 0. The highest BCUT2D eigenvalue weighted by Crippen LogP contribution is 2.12. The average molecular weight is 280 g/mol. The molecule has 1 rings (SSSR count). The lowest BCUT2D eigenvalue weighted by Gasteiger charge is -2.08. The number of carbonyl (C=O) groups excluding carboxylic acids is 3. The summed E-state index contributed by atoms with van der Waals surface area (Å²) in [5.41, 5.74) is 0.151. The molecule has 0 spiro atoms. The van der Waals surface area contributed by atoms with Gasteiger partial charge in [-0.1, -0.05) is 12.1 Å². The number of hydrogen-bond acceptors (Lipinski definition) is 6. The molecule has 0 unspecified atom stereocenters. The fourth-order valence-corrected chi connectivity index (χ4v) is 1.45. The van der Waals surface area contributed by atoms with Crippen molar-refractivity contribution in [1.82, 2.24) is 0 Å². The van der Waals surface area contributed by atoms with Crippen LogP contribution < -0.4 is 0 Å². The molecule has 1 aromatic carbocycles. The Kier molecular flexibility index (Phi) is 6.22. The minimum Gasteiger partial charge on any atom is -0.463 e. The SMILES string of the molecule is CCOC(=O)COC(=O)c1ccccc1C(=O)OCC. The molecule has 6 nitrogen and oxygen atoms in total. The molecule has 0 aromatic heterocycles. The molecule has 0 radical (unpaired) electrons. The number of esters is 3. The molecule has 0 fully saturated rings. The molecule has 0 saturated carbocycles. The summed E-state index contributed by atoms with van der Waals surface area (Å²) in [7, 11) is 0. The van der Waals surface area contributed by atoms with Gasteiger partial charge in [0.2, 0.25) is 0 Å². The van der Waals surface area contributed by atoms with Crippen molar-refractivity contribution >= 4 is 17.9 Å². The summed E-state index contributed by atoms with van der Waals surface area (Å²) in [5.74, 6) is -2.03. The van der Waals surface area contributed by atoms with Gasteiger partial charge in [0.1, 0.15) is 0 Å². The number of rotatable bonds is 6. The van der Waals surface area contributed by atoms with Gasteiger partial charge >= 0.3 is 17.9 Å². The van der Waals surface area contributed by atoms with Crippen LogP contribution in [0.25, 0.3) is 0 Å². The van der Waals surface area contributed by atoms with Crippen molar-refractivity contribution in [3.05, 3.63) is 35.4 Å². The van der Waals surface area contributed by atoms with Crippen LogP contribution in [0.2, 0.25) is 0 Å². The zero-order valence-corrected chi connectivity index (χ0v) is 11.4. The van der Waals surface area contributed by atoms with E-state index >= 15 is 0 Å². The molecule has 108 valence electrons. The van der Waals surface area contributed by atoms with E-state index in [1.165, 1.54) is 12.1 Å². The number of ether oxygens (including phenoxy) is 3. The predicted molar refractivity (Wildman–Crippen MR) is 69.3 cm³/mol. The van der Waals surface area contributed by atoms with Crippen molar-refractivity contribution in [1.29, 1.82) is 0 Å². The van der Waals surface area contributed by atoms with Crippen LogP contribution in [0, 0.1) is 0 Å². The quantitative estimate of drug-likeness (QED) is 0.581. The van der Waals surface area contributed by atoms with E-state index in [9.17, 15) is 14.4 Å². The fourth-order valence-electron chi connectivity index (χ4n) is 1.45. The first-order valence-electron chi connectivity index (χ1n) is 6.19. The molecule has 0 bridgehead atoms. The molecule has 0 aliphatic heterocycles. The third kappa shape index (κ3) is 4.38. The van der Waals surface area contributed by atoms with Crippen molar-refractivity contribution < 1.29 is 28.6 Å². The Labute approximate surface area is 116 Å². The Bertz CT molecular complexity index is 494. The Morgan fingerprint density at radius 1 is 0.850 bits per heavy atom. The largest absolute Gasteiger partial charge is 0.463 e. The second kappa shape index (κ2) is 7.93. The van der Waals surface area contributed by atoms with Gasteiger partial charge in [0.25, 0.3) is 0 Å². The first-order chi connectivity index (χ1) is 9.60. The summed E-state index contributed by atoms with van der Waals surface area (Å²) in [6.45, 7) is 3.22. The first-order valence-corrected chi connectivity index (χ1v) is 6.19. The van der Waals surface area contributed by atoms with Crippen molar-refractivity contribution in [3.8, 4) is 0 Å². The van der Waals surface area contributed by atoms with Gasteiger partial charge in [0.05, 0.1) is 24.3 Å². The van der Waals surface area contributed by atoms with Crippen LogP contribution in [0.3, 0.4) is 0 Å². The first kappa shape index (κ1) is 15.7. The third-order valence-electron chi connectivity index (χ3n) is 2.27. The third-order valence-corrected chi connectivity index (χ3v) is 2.27. The smallest absolute Gasteiger partial charge is 0.344 e. The highest BCUT2D eigenvalue weighted by atomic mass is 16.6. The zero-order valence-electron chi connectivity index (χ0n) is 11.4. The molecular weight excluding hydrogens is 264 g/mol. The van der Waals surface area contributed by atoms with Gasteiger partial charge in [0.15, 0.2) is 6.61 Å². The van der Waals surface area contributed by atoms with E-state index in [0.29, 0.717) is 0 Å². The van der Waals surface area contributed by atoms with Crippen molar-refractivity contribution in [3.63, 3.8) is 0 Å². The highest BCUT2D eigenvalue weighted by molar-refractivity contribution is 6.03. The lowest BCUT2D eigenvalue weighted by atomic mass is 10.1. The van der Waals surface area contributed by atoms with Crippen molar-refractivity contribution in [2.45, 2.75) is 13.8 Å². The number of hydrogen-bond donors (Lipinski definition) is 0. The van der Waals surface area contributed by atoms with E-state index in [1.807, 2.05) is 0 Å². The predicted octanol–water partition coefficient (Wildman–Crippen LogP) is 1.58. The van der Waals surface area contributed by atoms with Crippen LogP contribution in [-0.2, 0) is 19.0 Å². The molecule has 6 heteroatoms. The Morgan fingerprint density at radius 3 is 1.85 bits per heavy atom. The maximum absolute atomic E-state index is 11.8. The normalized spacial score (nSPS) is 9.70. The second-order valence-electron chi connectivity index (χ2n) is 3.65. The maximum atomic E-state index is 11.8. The van der Waals surface area contributed by atoms with Crippen molar-refractivity contribution in [2.75, 3.05) is 19.8 Å². The van der Waals surface area contributed by atoms with E-state index in [0.717, 1.165) is 0 Å². The summed E-state index contributed by atoms with van der Waals surface area (Å²) >= 11 is 0. The highest BCUT2D eigenvalue weighted by Gasteiger charge is 2.19.